The fourth-order valence-corrected chi connectivity index (χ4v) is 5.70. The van der Waals surface area contributed by atoms with Crippen molar-refractivity contribution in [1.29, 1.82) is 0 Å². The van der Waals surface area contributed by atoms with Gasteiger partial charge in [0.15, 0.2) is 0 Å². The van der Waals surface area contributed by atoms with E-state index >= 15 is 0 Å². The number of hydrogen-bond acceptors (Lipinski definition) is 4. The summed E-state index contributed by atoms with van der Waals surface area (Å²) >= 11 is 5.97. The van der Waals surface area contributed by atoms with Crippen LogP contribution < -0.4 is 9.62 Å². The molecular formula is C29H32ClF2N3O4S. The molecule has 0 spiro atoms. The highest BCUT2D eigenvalue weighted by Gasteiger charge is 2.33. The fraction of sp³-hybridized carbons (Fsp3) is 0.310. The monoisotopic (exact) mass is 591 g/mol. The minimum atomic E-state index is -4.31. The molecule has 0 radical (unpaired) electrons. The molecule has 0 aliphatic rings. The lowest BCUT2D eigenvalue weighted by Crippen LogP contribution is -2.52. The number of amides is 2. The Morgan fingerprint density at radius 2 is 1.65 bits per heavy atom. The van der Waals surface area contributed by atoms with Gasteiger partial charge < -0.3 is 10.2 Å². The van der Waals surface area contributed by atoms with E-state index in [1.165, 1.54) is 47.4 Å². The van der Waals surface area contributed by atoms with Gasteiger partial charge in [-0.25, -0.2) is 17.2 Å². The summed E-state index contributed by atoms with van der Waals surface area (Å²) in [6, 6.07) is 15.4. The number of hydrogen-bond donors (Lipinski definition) is 1. The normalized spacial score (nSPS) is 12.0. The third-order valence-corrected chi connectivity index (χ3v) is 8.36. The zero-order chi connectivity index (χ0) is 29.3. The molecule has 1 N–H and O–H groups in total. The molecule has 0 aliphatic heterocycles. The summed E-state index contributed by atoms with van der Waals surface area (Å²) in [4.78, 5) is 28.3. The van der Waals surface area contributed by atoms with E-state index in [1.54, 1.807) is 25.1 Å². The van der Waals surface area contributed by atoms with Crippen LogP contribution in [0.25, 0.3) is 0 Å². The van der Waals surface area contributed by atoms with E-state index in [-0.39, 0.29) is 34.5 Å². The van der Waals surface area contributed by atoms with E-state index in [1.807, 2.05) is 6.92 Å². The van der Waals surface area contributed by atoms with Crippen molar-refractivity contribution in [2.24, 2.45) is 0 Å². The summed E-state index contributed by atoms with van der Waals surface area (Å²) in [5, 5.41) is 2.52. The van der Waals surface area contributed by atoms with Crippen molar-refractivity contribution in [1.82, 2.24) is 10.2 Å². The molecule has 3 aromatic carbocycles. The van der Waals surface area contributed by atoms with Crippen LogP contribution in [0.3, 0.4) is 0 Å². The number of nitrogens with one attached hydrogen (secondary N) is 1. The molecule has 0 bridgehead atoms. The molecule has 0 fully saturated rings. The second-order valence-electron chi connectivity index (χ2n) is 9.14. The summed E-state index contributed by atoms with van der Waals surface area (Å²) in [7, 11) is -4.31. The first kappa shape index (κ1) is 31.0. The highest BCUT2D eigenvalue weighted by Crippen LogP contribution is 2.28. The second-order valence-corrected chi connectivity index (χ2v) is 11.4. The van der Waals surface area contributed by atoms with Gasteiger partial charge in [0.1, 0.15) is 24.2 Å². The van der Waals surface area contributed by atoms with Crippen LogP contribution in [0.5, 0.6) is 0 Å². The van der Waals surface area contributed by atoms with Gasteiger partial charge in [-0.3, -0.25) is 13.9 Å². The molecule has 1 atom stereocenters. The molecule has 0 unspecified atom stereocenters. The highest BCUT2D eigenvalue weighted by atomic mass is 35.5. The molecule has 0 heterocycles. The Labute approximate surface area is 238 Å². The molecular weight excluding hydrogens is 560 g/mol. The molecule has 40 heavy (non-hydrogen) atoms. The van der Waals surface area contributed by atoms with Crippen LogP contribution in [0.1, 0.15) is 38.7 Å². The summed E-state index contributed by atoms with van der Waals surface area (Å²) in [5.74, 6) is -2.27. The summed E-state index contributed by atoms with van der Waals surface area (Å²) in [6.07, 6.45) is 1.86. The summed E-state index contributed by atoms with van der Waals surface area (Å²) < 4.78 is 55.8. The van der Waals surface area contributed by atoms with Crippen LogP contribution in [0, 0.1) is 11.6 Å². The lowest BCUT2D eigenvalue weighted by molar-refractivity contribution is -0.140. The van der Waals surface area contributed by atoms with E-state index in [9.17, 15) is 26.8 Å². The van der Waals surface area contributed by atoms with E-state index in [0.29, 0.717) is 12.1 Å². The van der Waals surface area contributed by atoms with Crippen molar-refractivity contribution < 1.29 is 26.8 Å². The molecule has 214 valence electrons. The standard InChI is InChI=1S/C29H32ClF2N3O4S/c1-3-5-17-33-29(37)27(4-2)34(19-21-11-13-22(31)14-12-21)28(36)20-35(23-15-16-26(32)25(30)18-23)40(38,39)24-9-7-6-8-10-24/h6-16,18,27H,3-5,17,19-20H2,1-2H3,(H,33,37)/t27-/m0/s1. The molecule has 7 nitrogen and oxygen atoms in total. The Bertz CT molecular complexity index is 1410. The predicted octanol–water partition coefficient (Wildman–Crippen LogP) is 5.54. The molecule has 0 aromatic heterocycles. The van der Waals surface area contributed by atoms with Crippen molar-refractivity contribution in [3.05, 3.63) is 95.0 Å². The molecule has 3 aromatic rings. The maximum atomic E-state index is 14.0. The number of rotatable bonds is 13. The van der Waals surface area contributed by atoms with E-state index in [2.05, 4.69) is 5.32 Å². The van der Waals surface area contributed by atoms with Crippen molar-refractivity contribution in [2.45, 2.75) is 50.6 Å². The van der Waals surface area contributed by atoms with E-state index < -0.39 is 40.2 Å². The van der Waals surface area contributed by atoms with Gasteiger partial charge in [0.2, 0.25) is 11.8 Å². The van der Waals surface area contributed by atoms with Crippen LogP contribution in [-0.4, -0.2) is 44.3 Å². The number of carbonyl (C=O) groups is 2. The largest absolute Gasteiger partial charge is 0.354 e. The van der Waals surface area contributed by atoms with Gasteiger partial charge in [-0.2, -0.15) is 0 Å². The number of anilines is 1. The topological polar surface area (TPSA) is 86.8 Å². The zero-order valence-electron chi connectivity index (χ0n) is 22.3. The Hall–Kier alpha value is -3.50. The molecule has 0 saturated carbocycles. The number of benzene rings is 3. The number of nitrogens with zero attached hydrogens (tertiary/aromatic N) is 2. The van der Waals surface area contributed by atoms with Crippen molar-refractivity contribution in [3.63, 3.8) is 0 Å². The predicted molar refractivity (Wildman–Crippen MR) is 151 cm³/mol. The zero-order valence-corrected chi connectivity index (χ0v) is 23.9. The first-order valence-corrected chi connectivity index (χ1v) is 14.7. The lowest BCUT2D eigenvalue weighted by Gasteiger charge is -2.33. The third-order valence-electron chi connectivity index (χ3n) is 6.28. The van der Waals surface area contributed by atoms with E-state index in [4.69, 9.17) is 11.6 Å². The number of halogens is 3. The maximum Gasteiger partial charge on any atom is 0.264 e. The van der Waals surface area contributed by atoms with Gasteiger partial charge in [0, 0.05) is 13.1 Å². The minimum Gasteiger partial charge on any atom is -0.354 e. The molecule has 0 saturated heterocycles. The van der Waals surface area contributed by atoms with Crippen molar-refractivity contribution >= 4 is 39.1 Å². The van der Waals surface area contributed by atoms with Crippen LogP contribution in [-0.2, 0) is 26.2 Å². The average molecular weight is 592 g/mol. The van der Waals surface area contributed by atoms with Gasteiger partial charge in [0.25, 0.3) is 10.0 Å². The Balaban J connectivity index is 2.04. The van der Waals surface area contributed by atoms with Crippen LogP contribution in [0.2, 0.25) is 5.02 Å². The van der Waals surface area contributed by atoms with Crippen molar-refractivity contribution in [2.75, 3.05) is 17.4 Å². The summed E-state index contributed by atoms with van der Waals surface area (Å²) in [6.45, 7) is 3.39. The first-order valence-electron chi connectivity index (χ1n) is 12.9. The maximum absolute atomic E-state index is 14.0. The highest BCUT2D eigenvalue weighted by molar-refractivity contribution is 7.92. The Morgan fingerprint density at radius 3 is 2.25 bits per heavy atom. The van der Waals surface area contributed by atoms with Crippen LogP contribution in [0.4, 0.5) is 14.5 Å². The fourth-order valence-electron chi connectivity index (χ4n) is 4.10. The van der Waals surface area contributed by atoms with E-state index in [0.717, 1.165) is 29.3 Å². The van der Waals surface area contributed by atoms with Crippen molar-refractivity contribution in [3.8, 4) is 0 Å². The number of unbranched alkanes of at least 4 members (excludes halogenated alkanes) is 1. The quantitative estimate of drug-likeness (QED) is 0.265. The molecule has 11 heteroatoms. The van der Waals surface area contributed by atoms with Gasteiger partial charge in [-0.1, -0.05) is 62.2 Å². The molecule has 2 amide bonds. The lowest BCUT2D eigenvalue weighted by atomic mass is 10.1. The second kappa shape index (κ2) is 14.2. The smallest absolute Gasteiger partial charge is 0.264 e. The SMILES string of the molecule is CCCCNC(=O)[C@H](CC)N(Cc1ccc(F)cc1)C(=O)CN(c1ccc(F)c(Cl)c1)S(=O)(=O)c1ccccc1. The number of carbonyl (C=O) groups excluding carboxylic acids is 2. The molecule has 3 rings (SSSR count). The first-order chi connectivity index (χ1) is 19.1. The Kier molecular flexibility index (Phi) is 11.0. The van der Waals surface area contributed by atoms with Gasteiger partial charge >= 0.3 is 0 Å². The molecule has 0 aliphatic carbocycles. The van der Waals surface area contributed by atoms with Gasteiger partial charge in [0.05, 0.1) is 15.6 Å². The third kappa shape index (κ3) is 7.79. The summed E-state index contributed by atoms with van der Waals surface area (Å²) in [5.41, 5.74) is 0.530. The van der Waals surface area contributed by atoms with Gasteiger partial charge in [-0.15, -0.1) is 0 Å². The van der Waals surface area contributed by atoms with Crippen LogP contribution in [0.15, 0.2) is 77.7 Å². The number of sulfonamides is 1. The van der Waals surface area contributed by atoms with Gasteiger partial charge in [-0.05, 0) is 60.9 Å². The average Bonchev–Trinajstić information content (AvgIpc) is 2.94. The van der Waals surface area contributed by atoms with Crippen LogP contribution >= 0.6 is 11.6 Å². The minimum absolute atomic E-state index is 0.0224. The Morgan fingerprint density at radius 1 is 0.975 bits per heavy atom.